The number of rotatable bonds is 7. The van der Waals surface area contributed by atoms with Gasteiger partial charge in [0.15, 0.2) is 0 Å². The number of benzene rings is 3. The summed E-state index contributed by atoms with van der Waals surface area (Å²) in [6.45, 7) is 1.92. The lowest BCUT2D eigenvalue weighted by Crippen LogP contribution is -2.32. The summed E-state index contributed by atoms with van der Waals surface area (Å²) in [7, 11) is 1.33. The van der Waals surface area contributed by atoms with Gasteiger partial charge in [0.1, 0.15) is 11.9 Å². The third kappa shape index (κ3) is 5.69. The zero-order valence-corrected chi connectivity index (χ0v) is 17.8. The summed E-state index contributed by atoms with van der Waals surface area (Å²) in [4.78, 5) is 24.6. The monoisotopic (exact) mass is 440 g/mol. The smallest absolute Gasteiger partial charge is 0.327 e. The predicted octanol–water partition coefficient (Wildman–Crippen LogP) is 5.30. The molecule has 0 spiro atoms. The molecule has 1 amide bonds. The Hall–Kier alpha value is -3.22. The van der Waals surface area contributed by atoms with Crippen LogP contribution in [0.25, 0.3) is 0 Å². The lowest BCUT2D eigenvalue weighted by atomic mass is 10.0. The lowest BCUT2D eigenvalue weighted by Gasteiger charge is -2.23. The van der Waals surface area contributed by atoms with Gasteiger partial charge in [-0.1, -0.05) is 41.9 Å². The first-order valence-electron chi connectivity index (χ1n) is 9.64. The number of nitrogens with one attached hydrogen (secondary N) is 2. The van der Waals surface area contributed by atoms with Gasteiger partial charge in [-0.05, 0) is 60.5 Å². The Bertz CT molecular complexity index is 1060. The fourth-order valence-corrected chi connectivity index (χ4v) is 3.36. The molecule has 3 aromatic rings. The van der Waals surface area contributed by atoms with Crippen LogP contribution in [0, 0.1) is 5.82 Å². The highest BCUT2D eigenvalue weighted by Crippen LogP contribution is 2.27. The summed E-state index contributed by atoms with van der Waals surface area (Å²) >= 11 is 6.27. The van der Waals surface area contributed by atoms with Crippen LogP contribution in [-0.4, -0.2) is 19.0 Å². The Labute approximate surface area is 185 Å². The van der Waals surface area contributed by atoms with Crippen molar-refractivity contribution in [1.29, 1.82) is 0 Å². The maximum absolute atomic E-state index is 13.0. The van der Waals surface area contributed by atoms with Crippen molar-refractivity contribution in [3.63, 3.8) is 0 Å². The Morgan fingerprint density at radius 3 is 2.23 bits per heavy atom. The zero-order chi connectivity index (χ0) is 22.4. The largest absolute Gasteiger partial charge is 0.468 e. The first kappa shape index (κ1) is 22.5. The fraction of sp³-hybridized carbons (Fsp3) is 0.167. The third-order valence-corrected chi connectivity index (χ3v) is 5.19. The van der Waals surface area contributed by atoms with Gasteiger partial charge in [-0.25, -0.2) is 9.18 Å². The summed E-state index contributed by atoms with van der Waals surface area (Å²) in [6, 6.07) is 18.7. The number of anilines is 1. The number of esters is 1. The first-order chi connectivity index (χ1) is 14.9. The number of ether oxygens (including phenoxy) is 1. The standard InChI is InChI=1S/C24H22ClFN2O3/c1-15(27-22(24(30)31-2)20-5-3-4-6-21(20)25)16-9-13-19(14-10-16)28-23(29)17-7-11-18(26)12-8-17/h3-15,22,27H,1-2H3,(H,28,29). The predicted molar refractivity (Wildman–Crippen MR) is 119 cm³/mol. The number of methoxy groups -OCH3 is 1. The van der Waals surface area contributed by atoms with E-state index in [0.717, 1.165) is 5.56 Å². The number of carbonyl (C=O) groups excluding carboxylic acids is 2. The maximum Gasteiger partial charge on any atom is 0.327 e. The van der Waals surface area contributed by atoms with E-state index in [0.29, 0.717) is 21.8 Å². The maximum atomic E-state index is 13.0. The van der Waals surface area contributed by atoms with Crippen molar-refractivity contribution in [2.75, 3.05) is 12.4 Å². The second-order valence-electron chi connectivity index (χ2n) is 6.95. The number of amides is 1. The van der Waals surface area contributed by atoms with Gasteiger partial charge in [0.2, 0.25) is 0 Å². The number of hydrogen-bond acceptors (Lipinski definition) is 4. The SMILES string of the molecule is COC(=O)C(NC(C)c1ccc(NC(=O)c2ccc(F)cc2)cc1)c1ccccc1Cl. The average molecular weight is 441 g/mol. The van der Waals surface area contributed by atoms with Gasteiger partial charge in [-0.15, -0.1) is 0 Å². The van der Waals surface area contributed by atoms with Crippen molar-refractivity contribution < 1.29 is 18.7 Å². The summed E-state index contributed by atoms with van der Waals surface area (Å²) in [6.07, 6.45) is 0. The quantitative estimate of drug-likeness (QED) is 0.489. The van der Waals surface area contributed by atoms with Crippen molar-refractivity contribution in [1.82, 2.24) is 5.32 Å². The molecule has 3 rings (SSSR count). The summed E-state index contributed by atoms with van der Waals surface area (Å²) in [5.41, 5.74) is 2.49. The van der Waals surface area contributed by atoms with Crippen LogP contribution < -0.4 is 10.6 Å². The van der Waals surface area contributed by atoms with E-state index in [-0.39, 0.29) is 11.9 Å². The summed E-state index contributed by atoms with van der Waals surface area (Å²) in [5, 5.41) is 6.49. The topological polar surface area (TPSA) is 67.4 Å². The Morgan fingerprint density at radius 1 is 0.968 bits per heavy atom. The van der Waals surface area contributed by atoms with E-state index in [1.165, 1.54) is 31.4 Å². The molecule has 0 fully saturated rings. The van der Waals surface area contributed by atoms with Gasteiger partial charge in [-0.3, -0.25) is 10.1 Å². The minimum atomic E-state index is -0.730. The van der Waals surface area contributed by atoms with E-state index in [4.69, 9.17) is 16.3 Å². The van der Waals surface area contributed by atoms with E-state index in [9.17, 15) is 14.0 Å². The molecular weight excluding hydrogens is 419 g/mol. The normalized spacial score (nSPS) is 12.6. The number of carbonyl (C=O) groups is 2. The van der Waals surface area contributed by atoms with E-state index in [1.54, 1.807) is 30.3 Å². The molecule has 0 aromatic heterocycles. The second kappa shape index (κ2) is 10.2. The van der Waals surface area contributed by atoms with Gasteiger partial charge >= 0.3 is 5.97 Å². The third-order valence-electron chi connectivity index (χ3n) is 4.84. The summed E-state index contributed by atoms with van der Waals surface area (Å²) < 4.78 is 18.0. The molecule has 160 valence electrons. The van der Waals surface area contributed by atoms with Gasteiger partial charge < -0.3 is 10.1 Å². The molecule has 0 saturated carbocycles. The molecular formula is C24H22ClFN2O3. The van der Waals surface area contributed by atoms with Gasteiger partial charge in [-0.2, -0.15) is 0 Å². The highest BCUT2D eigenvalue weighted by molar-refractivity contribution is 6.31. The van der Waals surface area contributed by atoms with Crippen LogP contribution in [-0.2, 0) is 9.53 Å². The number of halogens is 2. The molecule has 0 radical (unpaired) electrons. The Kier molecular flexibility index (Phi) is 7.39. The van der Waals surface area contributed by atoms with E-state index in [1.807, 2.05) is 25.1 Å². The highest BCUT2D eigenvalue weighted by atomic mass is 35.5. The van der Waals surface area contributed by atoms with Crippen LogP contribution in [0.15, 0.2) is 72.8 Å². The van der Waals surface area contributed by atoms with E-state index in [2.05, 4.69) is 10.6 Å². The summed E-state index contributed by atoms with van der Waals surface area (Å²) in [5.74, 6) is -1.17. The van der Waals surface area contributed by atoms with Crippen LogP contribution in [0.1, 0.15) is 40.5 Å². The Morgan fingerprint density at radius 2 is 1.61 bits per heavy atom. The van der Waals surface area contributed by atoms with Crippen LogP contribution in [0.5, 0.6) is 0 Å². The van der Waals surface area contributed by atoms with Crippen molar-refractivity contribution in [2.45, 2.75) is 19.0 Å². The zero-order valence-electron chi connectivity index (χ0n) is 17.1. The molecule has 0 aliphatic carbocycles. The molecule has 0 heterocycles. The molecule has 0 bridgehead atoms. The number of hydrogen-bond donors (Lipinski definition) is 2. The molecule has 0 saturated heterocycles. The fourth-order valence-electron chi connectivity index (χ4n) is 3.12. The van der Waals surface area contributed by atoms with Crippen LogP contribution in [0.4, 0.5) is 10.1 Å². The second-order valence-corrected chi connectivity index (χ2v) is 7.36. The highest BCUT2D eigenvalue weighted by Gasteiger charge is 2.25. The Balaban J connectivity index is 1.70. The molecule has 2 atom stereocenters. The average Bonchev–Trinajstić information content (AvgIpc) is 2.78. The van der Waals surface area contributed by atoms with Crippen molar-refractivity contribution in [3.8, 4) is 0 Å². The molecule has 2 unspecified atom stereocenters. The van der Waals surface area contributed by atoms with Gasteiger partial charge in [0, 0.05) is 22.3 Å². The minimum Gasteiger partial charge on any atom is -0.468 e. The molecule has 3 aromatic carbocycles. The van der Waals surface area contributed by atoms with Crippen molar-refractivity contribution in [2.24, 2.45) is 0 Å². The van der Waals surface area contributed by atoms with E-state index >= 15 is 0 Å². The molecule has 31 heavy (non-hydrogen) atoms. The molecule has 7 heteroatoms. The first-order valence-corrected chi connectivity index (χ1v) is 10.0. The van der Waals surface area contributed by atoms with E-state index < -0.39 is 17.8 Å². The van der Waals surface area contributed by atoms with Crippen molar-refractivity contribution in [3.05, 3.63) is 100 Å². The van der Waals surface area contributed by atoms with Crippen LogP contribution in [0.3, 0.4) is 0 Å². The molecule has 2 N–H and O–H groups in total. The molecule has 0 aliphatic rings. The van der Waals surface area contributed by atoms with Gasteiger partial charge in [0.25, 0.3) is 5.91 Å². The minimum absolute atomic E-state index is 0.206. The molecule has 0 aliphatic heterocycles. The lowest BCUT2D eigenvalue weighted by molar-refractivity contribution is -0.143. The van der Waals surface area contributed by atoms with Crippen LogP contribution in [0.2, 0.25) is 5.02 Å². The van der Waals surface area contributed by atoms with Crippen LogP contribution >= 0.6 is 11.6 Å². The van der Waals surface area contributed by atoms with Crippen molar-refractivity contribution >= 4 is 29.2 Å². The van der Waals surface area contributed by atoms with Gasteiger partial charge in [0.05, 0.1) is 7.11 Å². The molecule has 5 nitrogen and oxygen atoms in total.